The van der Waals surface area contributed by atoms with Crippen molar-refractivity contribution in [3.05, 3.63) is 60.2 Å². The zero-order valence-corrected chi connectivity index (χ0v) is 18.0. The molecule has 0 atom stereocenters. The molecule has 0 fully saturated rings. The van der Waals surface area contributed by atoms with Crippen LogP contribution in [0, 0.1) is 0 Å². The molecule has 2 aromatic carbocycles. The van der Waals surface area contributed by atoms with Crippen LogP contribution in [0.4, 0.5) is 0 Å². The zero-order chi connectivity index (χ0) is 19.7. The molecule has 0 aromatic heterocycles. The van der Waals surface area contributed by atoms with Gasteiger partial charge in [-0.2, -0.15) is 0 Å². The summed E-state index contributed by atoms with van der Waals surface area (Å²) in [6.07, 6.45) is 19.3. The van der Waals surface area contributed by atoms with Crippen LogP contribution in [0.5, 0.6) is 11.5 Å². The van der Waals surface area contributed by atoms with Crippen molar-refractivity contribution >= 4 is 0 Å². The van der Waals surface area contributed by atoms with Crippen LogP contribution >= 0.6 is 0 Å². The second-order valence-corrected chi connectivity index (χ2v) is 8.02. The molecule has 1 heteroatoms. The van der Waals surface area contributed by atoms with Crippen LogP contribution in [-0.2, 0) is 6.42 Å². The first-order valence-corrected chi connectivity index (χ1v) is 11.7. The summed E-state index contributed by atoms with van der Waals surface area (Å²) in [6.45, 7) is 2.29. The van der Waals surface area contributed by atoms with Gasteiger partial charge in [-0.15, -0.1) is 0 Å². The van der Waals surface area contributed by atoms with E-state index in [-0.39, 0.29) is 0 Å². The van der Waals surface area contributed by atoms with Crippen molar-refractivity contribution < 1.29 is 4.74 Å². The summed E-state index contributed by atoms with van der Waals surface area (Å²) in [5.41, 5.74) is 1.33. The van der Waals surface area contributed by atoms with Crippen LogP contribution in [0.2, 0.25) is 0 Å². The van der Waals surface area contributed by atoms with Crippen molar-refractivity contribution in [3.63, 3.8) is 0 Å². The summed E-state index contributed by atoms with van der Waals surface area (Å²) in [5.74, 6) is 1.92. The van der Waals surface area contributed by atoms with Crippen molar-refractivity contribution in [2.24, 2.45) is 0 Å². The third-order valence-electron chi connectivity index (χ3n) is 5.49. The summed E-state index contributed by atoms with van der Waals surface area (Å²) in [7, 11) is 0. The molecule has 0 aliphatic heterocycles. The Morgan fingerprint density at radius 3 is 1.64 bits per heavy atom. The number of para-hydroxylation sites is 2. The number of rotatable bonds is 16. The van der Waals surface area contributed by atoms with E-state index in [0.29, 0.717) is 0 Å². The number of benzene rings is 2. The molecule has 0 heterocycles. The summed E-state index contributed by atoms with van der Waals surface area (Å²) in [4.78, 5) is 0. The van der Waals surface area contributed by atoms with E-state index in [0.717, 1.165) is 17.9 Å². The molecule has 1 nitrogen and oxygen atoms in total. The largest absolute Gasteiger partial charge is 0.457 e. The minimum absolute atomic E-state index is 0.917. The SMILES string of the molecule is CCCCCCCCCCCCCCCc1ccccc1Oc1ccccc1. The lowest BCUT2D eigenvalue weighted by atomic mass is 10.0. The molecule has 0 N–H and O–H groups in total. The Labute approximate surface area is 173 Å². The Morgan fingerprint density at radius 2 is 1.04 bits per heavy atom. The topological polar surface area (TPSA) is 9.23 Å². The molecule has 2 rings (SSSR count). The van der Waals surface area contributed by atoms with Crippen LogP contribution in [0.25, 0.3) is 0 Å². The third-order valence-corrected chi connectivity index (χ3v) is 5.49. The first-order valence-electron chi connectivity index (χ1n) is 11.7. The fraction of sp³-hybridized carbons (Fsp3) is 0.556. The van der Waals surface area contributed by atoms with Crippen molar-refractivity contribution in [1.29, 1.82) is 0 Å². The highest BCUT2D eigenvalue weighted by molar-refractivity contribution is 5.37. The van der Waals surface area contributed by atoms with Crippen molar-refractivity contribution in [2.75, 3.05) is 0 Å². The minimum Gasteiger partial charge on any atom is -0.457 e. The standard InChI is InChI=1S/C27H40O/c1-2-3-4-5-6-7-8-9-10-11-12-13-15-20-25-21-18-19-24-27(25)28-26-22-16-14-17-23-26/h14,16-19,21-24H,2-13,15,20H2,1H3. The average molecular weight is 381 g/mol. The van der Waals surface area contributed by atoms with E-state index in [1.165, 1.54) is 89.0 Å². The molecule has 28 heavy (non-hydrogen) atoms. The summed E-state index contributed by atoms with van der Waals surface area (Å²) < 4.78 is 6.07. The van der Waals surface area contributed by atoms with Gasteiger partial charge >= 0.3 is 0 Å². The lowest BCUT2D eigenvalue weighted by Crippen LogP contribution is -1.92. The van der Waals surface area contributed by atoms with E-state index < -0.39 is 0 Å². The van der Waals surface area contributed by atoms with Crippen LogP contribution in [0.15, 0.2) is 54.6 Å². The molecule has 0 saturated carbocycles. The predicted octanol–water partition coefficient (Wildman–Crippen LogP) is 9.11. The molecule has 0 bridgehead atoms. The van der Waals surface area contributed by atoms with E-state index >= 15 is 0 Å². The Morgan fingerprint density at radius 1 is 0.536 bits per heavy atom. The molecule has 0 aliphatic carbocycles. The molecule has 0 amide bonds. The highest BCUT2D eigenvalue weighted by Gasteiger charge is 2.04. The third kappa shape index (κ3) is 9.97. The second-order valence-electron chi connectivity index (χ2n) is 8.02. The van der Waals surface area contributed by atoms with Gasteiger partial charge < -0.3 is 4.74 Å². The molecule has 0 radical (unpaired) electrons. The average Bonchev–Trinajstić information content (AvgIpc) is 2.73. The normalized spacial score (nSPS) is 10.9. The van der Waals surface area contributed by atoms with E-state index in [2.05, 4.69) is 31.2 Å². The monoisotopic (exact) mass is 380 g/mol. The van der Waals surface area contributed by atoms with Gasteiger partial charge in [0, 0.05) is 0 Å². The molecule has 154 valence electrons. The van der Waals surface area contributed by atoms with Crippen LogP contribution in [-0.4, -0.2) is 0 Å². The lowest BCUT2D eigenvalue weighted by molar-refractivity contribution is 0.474. The van der Waals surface area contributed by atoms with Gasteiger partial charge in [0.2, 0.25) is 0 Å². The molecular formula is C27H40O. The van der Waals surface area contributed by atoms with Crippen molar-refractivity contribution in [2.45, 2.75) is 96.8 Å². The fourth-order valence-corrected chi connectivity index (χ4v) is 3.76. The fourth-order valence-electron chi connectivity index (χ4n) is 3.76. The van der Waals surface area contributed by atoms with Crippen LogP contribution in [0.1, 0.15) is 96.0 Å². The zero-order valence-electron chi connectivity index (χ0n) is 18.0. The van der Waals surface area contributed by atoms with Crippen molar-refractivity contribution in [1.82, 2.24) is 0 Å². The number of unbranched alkanes of at least 4 members (excludes halogenated alkanes) is 12. The summed E-state index contributed by atoms with van der Waals surface area (Å²) >= 11 is 0. The van der Waals surface area contributed by atoms with Gasteiger partial charge in [-0.25, -0.2) is 0 Å². The molecular weight excluding hydrogens is 340 g/mol. The summed E-state index contributed by atoms with van der Waals surface area (Å²) in [6, 6.07) is 18.6. The Bertz CT molecular complexity index is 605. The van der Waals surface area contributed by atoms with Gasteiger partial charge in [0.1, 0.15) is 11.5 Å². The molecule has 0 unspecified atom stereocenters. The highest BCUT2D eigenvalue weighted by Crippen LogP contribution is 2.26. The number of ether oxygens (including phenoxy) is 1. The lowest BCUT2D eigenvalue weighted by Gasteiger charge is -2.11. The van der Waals surface area contributed by atoms with Gasteiger partial charge in [-0.1, -0.05) is 120 Å². The number of aryl methyl sites for hydroxylation is 1. The minimum atomic E-state index is 0.917. The number of hydrogen-bond acceptors (Lipinski definition) is 1. The predicted molar refractivity (Wildman–Crippen MR) is 122 cm³/mol. The van der Waals surface area contributed by atoms with E-state index in [1.807, 2.05) is 30.3 Å². The first kappa shape index (κ1) is 22.5. The van der Waals surface area contributed by atoms with Crippen LogP contribution in [0.3, 0.4) is 0 Å². The molecule has 0 saturated heterocycles. The van der Waals surface area contributed by atoms with Crippen LogP contribution < -0.4 is 4.74 Å². The molecule has 2 aromatic rings. The maximum absolute atomic E-state index is 6.07. The van der Waals surface area contributed by atoms with Gasteiger partial charge in [-0.3, -0.25) is 0 Å². The first-order chi connectivity index (χ1) is 13.9. The molecule has 0 aliphatic rings. The Kier molecular flexibility index (Phi) is 12.2. The van der Waals surface area contributed by atoms with E-state index in [1.54, 1.807) is 0 Å². The van der Waals surface area contributed by atoms with Gasteiger partial charge in [-0.05, 0) is 36.6 Å². The Balaban J connectivity index is 1.51. The van der Waals surface area contributed by atoms with E-state index in [4.69, 9.17) is 4.74 Å². The van der Waals surface area contributed by atoms with Gasteiger partial charge in [0.15, 0.2) is 0 Å². The maximum atomic E-state index is 6.07. The summed E-state index contributed by atoms with van der Waals surface area (Å²) in [5, 5.41) is 0. The number of hydrogen-bond donors (Lipinski definition) is 0. The van der Waals surface area contributed by atoms with Gasteiger partial charge in [0.25, 0.3) is 0 Å². The second kappa shape index (κ2) is 15.2. The molecule has 0 spiro atoms. The smallest absolute Gasteiger partial charge is 0.130 e. The highest BCUT2D eigenvalue weighted by atomic mass is 16.5. The Hall–Kier alpha value is -1.76. The quantitative estimate of drug-likeness (QED) is 0.264. The van der Waals surface area contributed by atoms with E-state index in [9.17, 15) is 0 Å². The maximum Gasteiger partial charge on any atom is 0.130 e. The van der Waals surface area contributed by atoms with Gasteiger partial charge in [0.05, 0.1) is 0 Å². The van der Waals surface area contributed by atoms with Crippen molar-refractivity contribution in [3.8, 4) is 11.5 Å².